The second kappa shape index (κ2) is 7.22. The first-order valence-electron chi connectivity index (χ1n) is 6.35. The van der Waals surface area contributed by atoms with Crippen molar-refractivity contribution in [1.82, 2.24) is 4.90 Å². The van der Waals surface area contributed by atoms with Crippen molar-refractivity contribution >= 4 is 0 Å². The van der Waals surface area contributed by atoms with Crippen LogP contribution in [0.1, 0.15) is 32.6 Å². The Bertz CT molecular complexity index is 184. The van der Waals surface area contributed by atoms with E-state index in [1.807, 2.05) is 0 Å². The second-order valence-electron chi connectivity index (χ2n) is 4.64. The van der Waals surface area contributed by atoms with Gasteiger partial charge in [0.1, 0.15) is 0 Å². The van der Waals surface area contributed by atoms with Gasteiger partial charge in [-0.05, 0) is 19.4 Å². The Morgan fingerprint density at radius 1 is 1.44 bits per heavy atom. The third kappa shape index (κ3) is 3.42. The van der Waals surface area contributed by atoms with Gasteiger partial charge in [-0.15, -0.1) is 0 Å². The number of aliphatic hydroxyl groups excluding tert-OH is 1. The highest BCUT2D eigenvalue weighted by atomic mass is 16.5. The minimum atomic E-state index is -0.101. The summed E-state index contributed by atoms with van der Waals surface area (Å²) in [7, 11) is 1.65. The fourth-order valence-corrected chi connectivity index (χ4v) is 2.79. The first kappa shape index (κ1) is 13.9. The van der Waals surface area contributed by atoms with Gasteiger partial charge >= 0.3 is 0 Å². The molecular formula is C12H26N2O2. The topological polar surface area (TPSA) is 58.7 Å². The number of nitrogens with two attached hydrogens (primary N) is 1. The number of aliphatic hydroxyl groups is 1. The first-order valence-corrected chi connectivity index (χ1v) is 6.35. The Labute approximate surface area is 98.8 Å². The molecule has 0 bridgehead atoms. The van der Waals surface area contributed by atoms with Crippen molar-refractivity contribution in [3.05, 3.63) is 0 Å². The van der Waals surface area contributed by atoms with E-state index in [-0.39, 0.29) is 18.7 Å². The molecule has 3 N–H and O–H groups in total. The molecule has 0 aliphatic heterocycles. The standard InChI is InChI=1S/C12H26N2O2/c1-3-14(10-6-4-5-7-10)12(8-15)11(13)9-16-2/h10-12,15H,3-9,13H2,1-2H3. The van der Waals surface area contributed by atoms with Gasteiger partial charge < -0.3 is 15.6 Å². The Morgan fingerprint density at radius 3 is 2.50 bits per heavy atom. The summed E-state index contributed by atoms with van der Waals surface area (Å²) in [6.07, 6.45) is 5.09. The lowest BCUT2D eigenvalue weighted by Gasteiger charge is -2.37. The van der Waals surface area contributed by atoms with Gasteiger partial charge in [-0.25, -0.2) is 0 Å². The van der Waals surface area contributed by atoms with Gasteiger partial charge in [0.15, 0.2) is 0 Å². The maximum absolute atomic E-state index is 9.51. The number of nitrogens with zero attached hydrogens (tertiary/aromatic N) is 1. The SMILES string of the molecule is CCN(C1CCCC1)C(CO)C(N)COC. The molecule has 0 radical (unpaired) electrons. The van der Waals surface area contributed by atoms with Gasteiger partial charge in [0.25, 0.3) is 0 Å². The molecule has 0 spiro atoms. The molecule has 4 heteroatoms. The van der Waals surface area contributed by atoms with E-state index in [4.69, 9.17) is 10.5 Å². The van der Waals surface area contributed by atoms with E-state index in [9.17, 15) is 5.11 Å². The van der Waals surface area contributed by atoms with Crippen LogP contribution in [0.3, 0.4) is 0 Å². The Balaban J connectivity index is 2.58. The number of rotatable bonds is 7. The van der Waals surface area contributed by atoms with Crippen molar-refractivity contribution < 1.29 is 9.84 Å². The van der Waals surface area contributed by atoms with Gasteiger partial charge in [-0.3, -0.25) is 4.90 Å². The molecule has 1 aliphatic rings. The van der Waals surface area contributed by atoms with Crippen LogP contribution >= 0.6 is 0 Å². The predicted octanol–water partition coefficient (Wildman–Crippen LogP) is 0.586. The highest BCUT2D eigenvalue weighted by Gasteiger charge is 2.30. The van der Waals surface area contributed by atoms with Crippen molar-refractivity contribution in [3.8, 4) is 0 Å². The summed E-state index contributed by atoms with van der Waals surface area (Å²) in [5.41, 5.74) is 6.06. The van der Waals surface area contributed by atoms with Gasteiger partial charge in [-0.1, -0.05) is 19.8 Å². The van der Waals surface area contributed by atoms with Crippen LogP contribution in [0, 0.1) is 0 Å². The molecule has 0 heterocycles. The Kier molecular flexibility index (Phi) is 6.28. The van der Waals surface area contributed by atoms with Gasteiger partial charge in [0, 0.05) is 19.2 Å². The fourth-order valence-electron chi connectivity index (χ4n) is 2.79. The average Bonchev–Trinajstić information content (AvgIpc) is 2.79. The molecule has 16 heavy (non-hydrogen) atoms. The normalized spacial score (nSPS) is 21.6. The van der Waals surface area contributed by atoms with Crippen LogP contribution in [-0.2, 0) is 4.74 Å². The van der Waals surface area contributed by atoms with Gasteiger partial charge in [0.05, 0.1) is 19.3 Å². The molecule has 0 aromatic rings. The third-order valence-corrected chi connectivity index (χ3v) is 3.63. The average molecular weight is 230 g/mol. The van der Waals surface area contributed by atoms with E-state index in [1.165, 1.54) is 25.7 Å². The van der Waals surface area contributed by atoms with Crippen molar-refractivity contribution in [3.63, 3.8) is 0 Å². The predicted molar refractivity (Wildman–Crippen MR) is 65.4 cm³/mol. The molecule has 1 fully saturated rings. The summed E-state index contributed by atoms with van der Waals surface area (Å²) >= 11 is 0. The smallest absolute Gasteiger partial charge is 0.0629 e. The van der Waals surface area contributed by atoms with Crippen LogP contribution in [0.15, 0.2) is 0 Å². The molecule has 96 valence electrons. The minimum Gasteiger partial charge on any atom is -0.395 e. The zero-order chi connectivity index (χ0) is 12.0. The van der Waals surface area contributed by atoms with E-state index in [0.717, 1.165) is 6.54 Å². The molecule has 2 unspecified atom stereocenters. The first-order chi connectivity index (χ1) is 7.74. The van der Waals surface area contributed by atoms with Crippen LogP contribution in [0.2, 0.25) is 0 Å². The molecule has 2 atom stereocenters. The summed E-state index contributed by atoms with van der Waals surface area (Å²) in [5.74, 6) is 0. The lowest BCUT2D eigenvalue weighted by Crippen LogP contribution is -2.55. The quantitative estimate of drug-likeness (QED) is 0.672. The van der Waals surface area contributed by atoms with Crippen LogP contribution in [-0.4, -0.2) is 55.0 Å². The van der Waals surface area contributed by atoms with Crippen molar-refractivity contribution in [2.75, 3.05) is 26.9 Å². The summed E-state index contributed by atoms with van der Waals surface area (Å²) in [5, 5.41) is 9.51. The lowest BCUT2D eigenvalue weighted by atomic mass is 10.1. The van der Waals surface area contributed by atoms with Crippen molar-refractivity contribution in [2.45, 2.75) is 50.7 Å². The number of ether oxygens (including phenoxy) is 1. The fraction of sp³-hybridized carbons (Fsp3) is 1.00. The Morgan fingerprint density at radius 2 is 2.06 bits per heavy atom. The maximum atomic E-state index is 9.51. The van der Waals surface area contributed by atoms with E-state index >= 15 is 0 Å². The molecule has 1 aliphatic carbocycles. The number of likely N-dealkylation sites (N-methyl/N-ethyl adjacent to an activating group) is 1. The van der Waals surface area contributed by atoms with Crippen LogP contribution in [0.25, 0.3) is 0 Å². The maximum Gasteiger partial charge on any atom is 0.0629 e. The van der Waals surface area contributed by atoms with E-state index in [1.54, 1.807) is 7.11 Å². The largest absolute Gasteiger partial charge is 0.395 e. The number of hydrogen-bond donors (Lipinski definition) is 2. The molecule has 0 saturated heterocycles. The molecule has 1 rings (SSSR count). The van der Waals surface area contributed by atoms with E-state index in [0.29, 0.717) is 12.6 Å². The highest BCUT2D eigenvalue weighted by molar-refractivity contribution is 4.87. The molecule has 0 aromatic carbocycles. The summed E-state index contributed by atoms with van der Waals surface area (Å²) in [4.78, 5) is 2.36. The lowest BCUT2D eigenvalue weighted by molar-refractivity contribution is 0.0481. The Hall–Kier alpha value is -0.160. The molecule has 0 amide bonds. The number of methoxy groups -OCH3 is 1. The van der Waals surface area contributed by atoms with E-state index < -0.39 is 0 Å². The van der Waals surface area contributed by atoms with E-state index in [2.05, 4.69) is 11.8 Å². The van der Waals surface area contributed by atoms with Gasteiger partial charge in [0.2, 0.25) is 0 Å². The van der Waals surface area contributed by atoms with Crippen molar-refractivity contribution in [2.24, 2.45) is 5.73 Å². The third-order valence-electron chi connectivity index (χ3n) is 3.63. The number of hydrogen-bond acceptors (Lipinski definition) is 4. The zero-order valence-corrected chi connectivity index (χ0v) is 10.6. The minimum absolute atomic E-state index is 0.0352. The van der Waals surface area contributed by atoms with Gasteiger partial charge in [-0.2, -0.15) is 0 Å². The van der Waals surface area contributed by atoms with Crippen LogP contribution in [0.4, 0.5) is 0 Å². The monoisotopic (exact) mass is 230 g/mol. The summed E-state index contributed by atoms with van der Waals surface area (Å²) in [6, 6.07) is 0.536. The molecular weight excluding hydrogens is 204 g/mol. The van der Waals surface area contributed by atoms with Crippen LogP contribution < -0.4 is 5.73 Å². The molecule has 1 saturated carbocycles. The van der Waals surface area contributed by atoms with Crippen LogP contribution in [0.5, 0.6) is 0 Å². The highest BCUT2D eigenvalue weighted by Crippen LogP contribution is 2.25. The zero-order valence-electron chi connectivity index (χ0n) is 10.6. The van der Waals surface area contributed by atoms with Crippen molar-refractivity contribution in [1.29, 1.82) is 0 Å². The molecule has 4 nitrogen and oxygen atoms in total. The molecule has 0 aromatic heterocycles. The second-order valence-corrected chi connectivity index (χ2v) is 4.64. The summed E-state index contributed by atoms with van der Waals surface area (Å²) in [6.45, 7) is 3.72. The summed E-state index contributed by atoms with van der Waals surface area (Å²) < 4.78 is 5.08.